The fourth-order valence-corrected chi connectivity index (χ4v) is 2.41. The Labute approximate surface area is 114 Å². The quantitative estimate of drug-likeness (QED) is 0.884. The van der Waals surface area contributed by atoms with Gasteiger partial charge in [0.05, 0.1) is 0 Å². The summed E-state index contributed by atoms with van der Waals surface area (Å²) in [6.45, 7) is 6.12. The highest BCUT2D eigenvalue weighted by molar-refractivity contribution is 5.37. The van der Waals surface area contributed by atoms with E-state index in [-0.39, 0.29) is 11.9 Å². The van der Waals surface area contributed by atoms with Gasteiger partial charge in [0.1, 0.15) is 5.82 Å². The van der Waals surface area contributed by atoms with Crippen molar-refractivity contribution in [3.63, 3.8) is 0 Å². The molecule has 0 saturated heterocycles. The van der Waals surface area contributed by atoms with E-state index in [4.69, 9.17) is 5.73 Å². The predicted molar refractivity (Wildman–Crippen MR) is 77.7 cm³/mol. The van der Waals surface area contributed by atoms with Crippen LogP contribution in [0, 0.1) is 26.6 Å². The number of hydrogen-bond acceptors (Lipinski definition) is 1. The van der Waals surface area contributed by atoms with Gasteiger partial charge in [-0.2, -0.15) is 0 Å². The van der Waals surface area contributed by atoms with E-state index >= 15 is 0 Å². The third-order valence-corrected chi connectivity index (χ3v) is 3.79. The molecule has 0 spiro atoms. The second-order valence-electron chi connectivity index (χ2n) is 5.17. The van der Waals surface area contributed by atoms with Crippen molar-refractivity contribution in [2.75, 3.05) is 0 Å². The molecule has 1 nitrogen and oxygen atoms in total. The number of benzene rings is 2. The first-order valence-corrected chi connectivity index (χ1v) is 6.55. The number of rotatable bonds is 3. The van der Waals surface area contributed by atoms with Gasteiger partial charge in [0, 0.05) is 6.04 Å². The normalized spacial score (nSPS) is 12.5. The SMILES string of the molecule is Cc1cc(F)ccc1CC(N)c1cccc(C)c1C. The Bertz CT molecular complexity index is 590. The minimum Gasteiger partial charge on any atom is -0.324 e. The van der Waals surface area contributed by atoms with Gasteiger partial charge in [-0.1, -0.05) is 24.3 Å². The topological polar surface area (TPSA) is 26.0 Å². The summed E-state index contributed by atoms with van der Waals surface area (Å²) in [5.74, 6) is -0.193. The predicted octanol–water partition coefficient (Wildman–Crippen LogP) is 3.99. The van der Waals surface area contributed by atoms with Crippen molar-refractivity contribution in [3.8, 4) is 0 Å². The average molecular weight is 257 g/mol. The van der Waals surface area contributed by atoms with Crippen LogP contribution in [0.3, 0.4) is 0 Å². The standard InChI is InChI=1S/C17H20FN/c1-11-5-4-6-16(13(11)3)17(19)10-14-7-8-15(18)9-12(14)2/h4-9,17H,10,19H2,1-3H3. The molecule has 0 heterocycles. The molecule has 1 unspecified atom stereocenters. The van der Waals surface area contributed by atoms with E-state index in [1.807, 2.05) is 19.1 Å². The van der Waals surface area contributed by atoms with E-state index in [2.05, 4.69) is 26.0 Å². The van der Waals surface area contributed by atoms with Crippen LogP contribution in [0.25, 0.3) is 0 Å². The summed E-state index contributed by atoms with van der Waals surface area (Å²) in [5.41, 5.74) is 12.0. The molecular weight excluding hydrogens is 237 g/mol. The minimum absolute atomic E-state index is 0.0518. The van der Waals surface area contributed by atoms with Crippen molar-refractivity contribution in [2.24, 2.45) is 5.73 Å². The summed E-state index contributed by atoms with van der Waals surface area (Å²) in [4.78, 5) is 0. The number of aryl methyl sites for hydroxylation is 2. The van der Waals surface area contributed by atoms with E-state index in [1.54, 1.807) is 6.07 Å². The van der Waals surface area contributed by atoms with Crippen molar-refractivity contribution in [3.05, 3.63) is 70.0 Å². The Balaban J connectivity index is 2.25. The van der Waals surface area contributed by atoms with Crippen LogP contribution >= 0.6 is 0 Å². The van der Waals surface area contributed by atoms with Crippen molar-refractivity contribution in [1.82, 2.24) is 0 Å². The summed E-state index contributed by atoms with van der Waals surface area (Å²) in [5, 5.41) is 0. The number of nitrogens with two attached hydrogens (primary N) is 1. The Kier molecular flexibility index (Phi) is 4.01. The van der Waals surface area contributed by atoms with Gasteiger partial charge in [0.2, 0.25) is 0 Å². The first-order valence-electron chi connectivity index (χ1n) is 6.55. The molecule has 2 rings (SSSR count). The number of halogens is 1. The molecule has 2 N–H and O–H groups in total. The molecule has 1 atom stereocenters. The fraction of sp³-hybridized carbons (Fsp3) is 0.294. The van der Waals surface area contributed by atoms with Crippen molar-refractivity contribution in [2.45, 2.75) is 33.2 Å². The van der Waals surface area contributed by atoms with Crippen molar-refractivity contribution < 1.29 is 4.39 Å². The van der Waals surface area contributed by atoms with Gasteiger partial charge in [-0.05, 0) is 67.1 Å². The van der Waals surface area contributed by atoms with Gasteiger partial charge in [-0.25, -0.2) is 4.39 Å². The molecule has 0 radical (unpaired) electrons. The molecular formula is C17H20FN. The summed E-state index contributed by atoms with van der Waals surface area (Å²) >= 11 is 0. The highest BCUT2D eigenvalue weighted by atomic mass is 19.1. The molecule has 0 fully saturated rings. The summed E-state index contributed by atoms with van der Waals surface area (Å²) in [6.07, 6.45) is 0.733. The van der Waals surface area contributed by atoms with E-state index in [1.165, 1.54) is 22.8 Å². The Morgan fingerprint density at radius 3 is 2.47 bits per heavy atom. The highest BCUT2D eigenvalue weighted by Crippen LogP contribution is 2.23. The maximum atomic E-state index is 13.1. The smallest absolute Gasteiger partial charge is 0.123 e. The lowest BCUT2D eigenvalue weighted by Gasteiger charge is -2.17. The average Bonchev–Trinajstić information content (AvgIpc) is 2.36. The number of hydrogen-bond donors (Lipinski definition) is 1. The van der Waals surface area contributed by atoms with Crippen LogP contribution in [0.5, 0.6) is 0 Å². The van der Waals surface area contributed by atoms with Crippen molar-refractivity contribution in [1.29, 1.82) is 0 Å². The molecule has 19 heavy (non-hydrogen) atoms. The molecule has 0 aliphatic carbocycles. The van der Waals surface area contributed by atoms with Crippen LogP contribution in [0.1, 0.15) is 33.9 Å². The van der Waals surface area contributed by atoms with E-state index in [9.17, 15) is 4.39 Å². The van der Waals surface area contributed by atoms with Crippen LogP contribution in [0.2, 0.25) is 0 Å². The molecule has 100 valence electrons. The third-order valence-electron chi connectivity index (χ3n) is 3.79. The maximum absolute atomic E-state index is 13.1. The monoisotopic (exact) mass is 257 g/mol. The summed E-state index contributed by atoms with van der Waals surface area (Å²) in [6, 6.07) is 11.0. The Hall–Kier alpha value is -1.67. The molecule has 0 amide bonds. The van der Waals surface area contributed by atoms with Crippen LogP contribution < -0.4 is 5.73 Å². The molecule has 0 saturated carbocycles. The molecule has 0 aliphatic rings. The second-order valence-corrected chi connectivity index (χ2v) is 5.17. The molecule has 0 aromatic heterocycles. The lowest BCUT2D eigenvalue weighted by Crippen LogP contribution is -2.15. The molecule has 2 heteroatoms. The molecule has 0 bridgehead atoms. The molecule has 2 aromatic rings. The Morgan fingerprint density at radius 1 is 1.05 bits per heavy atom. The first kappa shape index (κ1) is 13.8. The lowest BCUT2D eigenvalue weighted by molar-refractivity contribution is 0.623. The van der Waals surface area contributed by atoms with Gasteiger partial charge < -0.3 is 5.73 Å². The van der Waals surface area contributed by atoms with E-state index in [0.29, 0.717) is 0 Å². The van der Waals surface area contributed by atoms with Crippen LogP contribution in [0.4, 0.5) is 4.39 Å². The fourth-order valence-electron chi connectivity index (χ4n) is 2.41. The van der Waals surface area contributed by atoms with Gasteiger partial charge >= 0.3 is 0 Å². The largest absolute Gasteiger partial charge is 0.324 e. The van der Waals surface area contributed by atoms with E-state index in [0.717, 1.165) is 17.5 Å². The zero-order valence-corrected chi connectivity index (χ0v) is 11.7. The first-order chi connectivity index (χ1) is 8.99. The molecule has 0 aliphatic heterocycles. The van der Waals surface area contributed by atoms with Gasteiger partial charge in [0.25, 0.3) is 0 Å². The van der Waals surface area contributed by atoms with Crippen molar-refractivity contribution >= 4 is 0 Å². The third kappa shape index (κ3) is 3.02. The van der Waals surface area contributed by atoms with Crippen LogP contribution in [0.15, 0.2) is 36.4 Å². The second kappa shape index (κ2) is 5.54. The van der Waals surface area contributed by atoms with Gasteiger partial charge in [-0.15, -0.1) is 0 Å². The minimum atomic E-state index is -0.193. The summed E-state index contributed by atoms with van der Waals surface area (Å²) in [7, 11) is 0. The van der Waals surface area contributed by atoms with Crippen LogP contribution in [-0.4, -0.2) is 0 Å². The van der Waals surface area contributed by atoms with Gasteiger partial charge in [-0.3, -0.25) is 0 Å². The Morgan fingerprint density at radius 2 is 1.79 bits per heavy atom. The zero-order chi connectivity index (χ0) is 14.0. The van der Waals surface area contributed by atoms with Gasteiger partial charge in [0.15, 0.2) is 0 Å². The lowest BCUT2D eigenvalue weighted by atomic mass is 9.92. The summed E-state index contributed by atoms with van der Waals surface area (Å²) < 4.78 is 13.1. The van der Waals surface area contributed by atoms with E-state index < -0.39 is 0 Å². The highest BCUT2D eigenvalue weighted by Gasteiger charge is 2.12. The molecule has 2 aromatic carbocycles. The van der Waals surface area contributed by atoms with Crippen LogP contribution in [-0.2, 0) is 6.42 Å². The zero-order valence-electron chi connectivity index (χ0n) is 11.7. The maximum Gasteiger partial charge on any atom is 0.123 e.